The zero-order valence-electron chi connectivity index (χ0n) is 17.9. The zero-order valence-corrected chi connectivity index (χ0v) is 19.5. The summed E-state index contributed by atoms with van der Waals surface area (Å²) in [6.45, 7) is 5.35. The monoisotopic (exact) mass is 480 g/mol. The smallest absolute Gasteiger partial charge is 0.263 e. The zero-order chi connectivity index (χ0) is 22.9. The van der Waals surface area contributed by atoms with Crippen LogP contribution in [0, 0.1) is 6.92 Å². The minimum atomic E-state index is -3.71. The van der Waals surface area contributed by atoms with Crippen molar-refractivity contribution in [2.75, 3.05) is 39.4 Å². The number of hydrogen-bond donors (Lipinski definition) is 0. The van der Waals surface area contributed by atoms with Crippen molar-refractivity contribution in [1.29, 1.82) is 0 Å². The van der Waals surface area contributed by atoms with E-state index in [2.05, 4.69) is 0 Å². The molecule has 172 valence electrons. The van der Waals surface area contributed by atoms with Crippen LogP contribution in [0.5, 0.6) is 17.2 Å². The molecule has 0 aromatic heterocycles. The maximum absolute atomic E-state index is 13.1. The first-order valence-electron chi connectivity index (χ1n) is 10.4. The lowest BCUT2D eigenvalue weighted by Crippen LogP contribution is -2.53. The quantitative estimate of drug-likeness (QED) is 0.654. The summed E-state index contributed by atoms with van der Waals surface area (Å²) in [6, 6.07) is 9.84. The Balaban J connectivity index is 1.38. The van der Waals surface area contributed by atoms with Crippen LogP contribution in [0.4, 0.5) is 0 Å². The van der Waals surface area contributed by atoms with E-state index in [1.54, 1.807) is 36.1 Å². The number of rotatable bonds is 5. The Kier molecular flexibility index (Phi) is 6.50. The second kappa shape index (κ2) is 9.17. The molecule has 0 unspecified atom stereocenters. The van der Waals surface area contributed by atoms with Gasteiger partial charge >= 0.3 is 0 Å². The lowest BCUT2D eigenvalue weighted by atomic mass is 10.2. The summed E-state index contributed by atoms with van der Waals surface area (Å²) in [6.07, 6.45) is -0.698. The maximum atomic E-state index is 13.1. The molecule has 0 spiro atoms. The van der Waals surface area contributed by atoms with Crippen molar-refractivity contribution < 1.29 is 27.4 Å². The Bertz CT molecular complexity index is 1120. The van der Waals surface area contributed by atoms with E-state index in [9.17, 15) is 13.2 Å². The van der Waals surface area contributed by atoms with E-state index in [0.717, 1.165) is 5.56 Å². The first-order valence-corrected chi connectivity index (χ1v) is 12.2. The molecular formula is C22H25ClN2O6S. The molecule has 2 heterocycles. The standard InChI is InChI=1S/C22H25ClN2O6S/c1-15-13-17(23)3-5-19(15)31-16(2)22(26)24-7-9-25(10-8-24)32(27,28)18-4-6-20-21(14-18)30-12-11-29-20/h3-6,13-14,16H,7-12H2,1-2H3/t16-/m0/s1. The molecule has 0 radical (unpaired) electrons. The van der Waals surface area contributed by atoms with E-state index in [0.29, 0.717) is 35.5 Å². The van der Waals surface area contributed by atoms with Crippen LogP contribution in [0.2, 0.25) is 5.02 Å². The lowest BCUT2D eigenvalue weighted by molar-refractivity contribution is -0.139. The molecule has 0 aliphatic carbocycles. The van der Waals surface area contributed by atoms with E-state index >= 15 is 0 Å². The van der Waals surface area contributed by atoms with Crippen LogP contribution in [0.15, 0.2) is 41.3 Å². The van der Waals surface area contributed by atoms with Crippen molar-refractivity contribution in [1.82, 2.24) is 9.21 Å². The molecule has 0 bridgehead atoms. The maximum Gasteiger partial charge on any atom is 0.263 e. The van der Waals surface area contributed by atoms with Crippen LogP contribution in [0.3, 0.4) is 0 Å². The predicted molar refractivity (Wildman–Crippen MR) is 119 cm³/mol. The number of sulfonamides is 1. The fourth-order valence-electron chi connectivity index (χ4n) is 3.73. The minimum Gasteiger partial charge on any atom is -0.486 e. The second-order valence-electron chi connectivity index (χ2n) is 7.70. The van der Waals surface area contributed by atoms with Crippen LogP contribution in [-0.2, 0) is 14.8 Å². The van der Waals surface area contributed by atoms with Crippen molar-refractivity contribution >= 4 is 27.5 Å². The van der Waals surface area contributed by atoms with Gasteiger partial charge in [-0.1, -0.05) is 11.6 Å². The van der Waals surface area contributed by atoms with Crippen molar-refractivity contribution in [3.05, 3.63) is 47.0 Å². The van der Waals surface area contributed by atoms with Gasteiger partial charge in [-0.25, -0.2) is 8.42 Å². The molecule has 2 aliphatic heterocycles. The number of aryl methyl sites for hydroxylation is 1. The SMILES string of the molecule is Cc1cc(Cl)ccc1O[C@@H](C)C(=O)N1CCN(S(=O)(=O)c2ccc3c(c2)OCCO3)CC1. The number of fused-ring (bicyclic) bond motifs is 1. The number of amides is 1. The third kappa shape index (κ3) is 4.65. The Hall–Kier alpha value is -2.49. The number of nitrogens with zero attached hydrogens (tertiary/aromatic N) is 2. The van der Waals surface area contributed by atoms with E-state index in [1.807, 2.05) is 6.92 Å². The number of ether oxygens (including phenoxy) is 3. The molecule has 4 rings (SSSR count). The molecule has 2 aromatic rings. The number of benzene rings is 2. The van der Waals surface area contributed by atoms with Crippen LogP contribution in [0.25, 0.3) is 0 Å². The van der Waals surface area contributed by atoms with Gasteiger partial charge in [0.2, 0.25) is 10.0 Å². The number of carbonyl (C=O) groups excluding carboxylic acids is 1. The summed E-state index contributed by atoms with van der Waals surface area (Å²) >= 11 is 5.97. The van der Waals surface area contributed by atoms with Crippen molar-refractivity contribution in [2.45, 2.75) is 24.8 Å². The highest BCUT2D eigenvalue weighted by Gasteiger charge is 2.33. The summed E-state index contributed by atoms with van der Waals surface area (Å²) in [4.78, 5) is 14.6. The van der Waals surface area contributed by atoms with Crippen LogP contribution < -0.4 is 14.2 Å². The largest absolute Gasteiger partial charge is 0.486 e. The number of carbonyl (C=O) groups is 1. The van der Waals surface area contributed by atoms with Gasteiger partial charge in [0.15, 0.2) is 17.6 Å². The van der Waals surface area contributed by atoms with Gasteiger partial charge in [0.25, 0.3) is 5.91 Å². The number of hydrogen-bond acceptors (Lipinski definition) is 6. The molecule has 1 fully saturated rings. The van der Waals surface area contributed by atoms with Crippen LogP contribution in [-0.4, -0.2) is 69.0 Å². The Labute approximate surface area is 192 Å². The van der Waals surface area contributed by atoms with Gasteiger partial charge in [-0.05, 0) is 49.7 Å². The van der Waals surface area contributed by atoms with Gasteiger partial charge in [0.05, 0.1) is 4.90 Å². The average molecular weight is 481 g/mol. The van der Waals surface area contributed by atoms with Crippen molar-refractivity contribution in [3.63, 3.8) is 0 Å². The fourth-order valence-corrected chi connectivity index (χ4v) is 5.39. The predicted octanol–water partition coefficient (Wildman–Crippen LogP) is 2.72. The molecule has 2 aliphatic rings. The highest BCUT2D eigenvalue weighted by molar-refractivity contribution is 7.89. The highest BCUT2D eigenvalue weighted by atomic mass is 35.5. The summed E-state index contributed by atoms with van der Waals surface area (Å²) in [7, 11) is -3.71. The van der Waals surface area contributed by atoms with E-state index in [4.69, 9.17) is 25.8 Å². The number of halogens is 1. The summed E-state index contributed by atoms with van der Waals surface area (Å²) in [5.74, 6) is 1.37. The molecule has 10 heteroatoms. The third-order valence-corrected chi connectivity index (χ3v) is 7.62. The molecule has 0 N–H and O–H groups in total. The summed E-state index contributed by atoms with van der Waals surface area (Å²) < 4.78 is 44.3. The molecule has 2 aromatic carbocycles. The first-order chi connectivity index (χ1) is 15.3. The molecule has 8 nitrogen and oxygen atoms in total. The van der Waals surface area contributed by atoms with Gasteiger partial charge < -0.3 is 19.1 Å². The lowest BCUT2D eigenvalue weighted by Gasteiger charge is -2.35. The second-order valence-corrected chi connectivity index (χ2v) is 10.1. The van der Waals surface area contributed by atoms with Gasteiger partial charge in [0.1, 0.15) is 19.0 Å². The Morgan fingerprint density at radius 3 is 2.41 bits per heavy atom. The molecule has 32 heavy (non-hydrogen) atoms. The van der Waals surface area contributed by atoms with Crippen molar-refractivity contribution in [2.24, 2.45) is 0 Å². The average Bonchev–Trinajstić information content (AvgIpc) is 2.80. The molecule has 1 amide bonds. The Morgan fingerprint density at radius 1 is 1.03 bits per heavy atom. The summed E-state index contributed by atoms with van der Waals surface area (Å²) in [5.41, 5.74) is 0.840. The van der Waals surface area contributed by atoms with E-state index in [1.165, 1.54) is 16.4 Å². The molecule has 0 saturated carbocycles. The molecular weight excluding hydrogens is 456 g/mol. The van der Waals surface area contributed by atoms with Crippen molar-refractivity contribution in [3.8, 4) is 17.2 Å². The third-order valence-electron chi connectivity index (χ3n) is 5.49. The fraction of sp³-hybridized carbons (Fsp3) is 0.409. The minimum absolute atomic E-state index is 0.149. The normalized spacial score (nSPS) is 17.7. The first kappa shape index (κ1) is 22.7. The topological polar surface area (TPSA) is 85.4 Å². The molecule has 1 atom stereocenters. The summed E-state index contributed by atoms with van der Waals surface area (Å²) in [5, 5.41) is 0.601. The number of piperazine rings is 1. The van der Waals surface area contributed by atoms with Crippen LogP contribution >= 0.6 is 11.6 Å². The Morgan fingerprint density at radius 2 is 1.72 bits per heavy atom. The molecule has 1 saturated heterocycles. The van der Waals surface area contributed by atoms with Crippen LogP contribution in [0.1, 0.15) is 12.5 Å². The van der Waals surface area contributed by atoms with E-state index < -0.39 is 16.1 Å². The van der Waals surface area contributed by atoms with Gasteiger partial charge in [0, 0.05) is 37.3 Å². The van der Waals surface area contributed by atoms with Gasteiger partial charge in [-0.3, -0.25) is 4.79 Å². The highest BCUT2D eigenvalue weighted by Crippen LogP contribution is 2.33. The van der Waals surface area contributed by atoms with Gasteiger partial charge in [-0.15, -0.1) is 0 Å². The van der Waals surface area contributed by atoms with E-state index in [-0.39, 0.29) is 37.0 Å². The van der Waals surface area contributed by atoms with Gasteiger partial charge in [-0.2, -0.15) is 4.31 Å².